The summed E-state index contributed by atoms with van der Waals surface area (Å²) in [5.41, 5.74) is 1.90. The monoisotopic (exact) mass is 428 g/mol. The largest absolute Gasteiger partial charge is 0.493 e. The third kappa shape index (κ3) is 5.96. The molecule has 0 bridgehead atoms. The van der Waals surface area contributed by atoms with E-state index < -0.39 is 34.5 Å². The van der Waals surface area contributed by atoms with Gasteiger partial charge in [-0.1, -0.05) is 12.1 Å². The second-order valence-electron chi connectivity index (χ2n) is 6.19. The maximum atomic E-state index is 13.2. The van der Waals surface area contributed by atoms with Gasteiger partial charge < -0.3 is 4.74 Å². The summed E-state index contributed by atoms with van der Waals surface area (Å²) >= 11 is 0. The van der Waals surface area contributed by atoms with Crippen molar-refractivity contribution in [3.63, 3.8) is 0 Å². The van der Waals surface area contributed by atoms with E-state index in [4.69, 9.17) is 9.94 Å². The molecule has 2 aromatic carbocycles. The molecule has 1 amide bonds. The molecular formula is C19H22F2N2O5S. The number of carbonyl (C=O) groups is 1. The molecule has 0 unspecified atom stereocenters. The number of carbonyl (C=O) groups excluding carboxylic acids is 1. The lowest BCUT2D eigenvalue weighted by atomic mass is 10.2. The molecule has 10 heteroatoms. The first-order valence-corrected chi connectivity index (χ1v) is 10.2. The zero-order valence-corrected chi connectivity index (χ0v) is 16.5. The summed E-state index contributed by atoms with van der Waals surface area (Å²) in [5, 5.41) is 8.92. The quantitative estimate of drug-likeness (QED) is 0.345. The Morgan fingerprint density at radius 2 is 1.79 bits per heavy atom. The van der Waals surface area contributed by atoms with Crippen LogP contribution < -0.4 is 10.2 Å². The number of alkyl halides is 1. The average molecular weight is 428 g/mol. The second kappa shape index (κ2) is 10.3. The van der Waals surface area contributed by atoms with Crippen molar-refractivity contribution >= 4 is 15.9 Å². The number of halogens is 2. The molecule has 0 aliphatic carbocycles. The number of nitrogens with one attached hydrogen (secondary N) is 1. The van der Waals surface area contributed by atoms with E-state index in [0.29, 0.717) is 11.3 Å². The van der Waals surface area contributed by atoms with Crippen molar-refractivity contribution in [1.82, 2.24) is 9.79 Å². The Bertz CT molecular complexity index is 905. The molecule has 0 aliphatic rings. The highest BCUT2D eigenvalue weighted by atomic mass is 32.2. The Hall–Kier alpha value is -2.56. The van der Waals surface area contributed by atoms with Gasteiger partial charge in [-0.2, -0.15) is 4.31 Å². The van der Waals surface area contributed by atoms with Crippen LogP contribution in [-0.2, 0) is 21.4 Å². The van der Waals surface area contributed by atoms with E-state index in [1.165, 1.54) is 60.9 Å². The average Bonchev–Trinajstić information content (AvgIpc) is 2.72. The van der Waals surface area contributed by atoms with Gasteiger partial charge in [0.25, 0.3) is 5.91 Å². The fraction of sp³-hybridized carbons (Fsp3) is 0.316. The van der Waals surface area contributed by atoms with E-state index in [-0.39, 0.29) is 24.5 Å². The Morgan fingerprint density at radius 1 is 1.17 bits per heavy atom. The number of hydrogen-bond acceptors (Lipinski definition) is 5. The highest BCUT2D eigenvalue weighted by Gasteiger charge is 2.33. The predicted octanol–water partition coefficient (Wildman–Crippen LogP) is 2.65. The maximum Gasteiger partial charge on any atom is 0.261 e. The van der Waals surface area contributed by atoms with Crippen LogP contribution in [0, 0.1) is 5.82 Å². The summed E-state index contributed by atoms with van der Waals surface area (Å²) in [4.78, 5) is 11.8. The standard InChI is InChI=1S/C19H22F2N2O5S/c1-14(19(24)22-25)23(13-15-3-5-16(21)6-4-15)29(26,27)18-9-7-17(8-10-18)28-12-2-11-20/h3-10,14,25H,2,11-13H2,1H3,(H,22,24)/t14-/m1/s1. The molecule has 0 aliphatic heterocycles. The summed E-state index contributed by atoms with van der Waals surface area (Å²) in [6.07, 6.45) is 0.222. The minimum absolute atomic E-state index is 0.102. The van der Waals surface area contributed by atoms with Crippen LogP contribution in [0.3, 0.4) is 0 Å². The number of rotatable bonds is 10. The molecule has 0 aromatic heterocycles. The van der Waals surface area contributed by atoms with Crippen LogP contribution in [0.5, 0.6) is 5.75 Å². The molecule has 2 rings (SSSR count). The lowest BCUT2D eigenvalue weighted by molar-refractivity contribution is -0.132. The summed E-state index contributed by atoms with van der Waals surface area (Å²) < 4.78 is 57.8. The first-order valence-electron chi connectivity index (χ1n) is 8.78. The number of hydroxylamine groups is 1. The molecule has 2 aromatic rings. The van der Waals surface area contributed by atoms with Gasteiger partial charge in [0.05, 0.1) is 18.2 Å². The topological polar surface area (TPSA) is 95.9 Å². The number of hydrogen-bond donors (Lipinski definition) is 2. The molecular weight excluding hydrogens is 406 g/mol. The Kier molecular flexibility index (Phi) is 8.06. The number of amides is 1. The van der Waals surface area contributed by atoms with Crippen molar-refractivity contribution in [2.75, 3.05) is 13.3 Å². The van der Waals surface area contributed by atoms with Crippen molar-refractivity contribution in [2.45, 2.75) is 30.8 Å². The molecule has 158 valence electrons. The normalized spacial score (nSPS) is 12.6. The summed E-state index contributed by atoms with van der Waals surface area (Å²) in [7, 11) is -4.15. The van der Waals surface area contributed by atoms with E-state index in [1.54, 1.807) is 0 Å². The van der Waals surface area contributed by atoms with Crippen LogP contribution in [0.1, 0.15) is 18.9 Å². The molecule has 2 N–H and O–H groups in total. The molecule has 0 saturated carbocycles. The van der Waals surface area contributed by atoms with Gasteiger partial charge in [0.2, 0.25) is 10.0 Å². The van der Waals surface area contributed by atoms with E-state index in [0.717, 1.165) is 4.31 Å². The zero-order chi connectivity index (χ0) is 21.4. The minimum Gasteiger partial charge on any atom is -0.493 e. The lowest BCUT2D eigenvalue weighted by Crippen LogP contribution is -2.46. The smallest absolute Gasteiger partial charge is 0.261 e. The van der Waals surface area contributed by atoms with Crippen LogP contribution in [0.15, 0.2) is 53.4 Å². The van der Waals surface area contributed by atoms with Crippen LogP contribution in [-0.4, -0.2) is 43.2 Å². The highest BCUT2D eigenvalue weighted by molar-refractivity contribution is 7.89. The van der Waals surface area contributed by atoms with Gasteiger partial charge in [-0.25, -0.2) is 18.3 Å². The summed E-state index contributed by atoms with van der Waals surface area (Å²) in [6, 6.07) is 9.40. The fourth-order valence-electron chi connectivity index (χ4n) is 2.51. The molecule has 0 spiro atoms. The van der Waals surface area contributed by atoms with E-state index in [1.807, 2.05) is 0 Å². The van der Waals surface area contributed by atoms with Gasteiger partial charge in [-0.3, -0.25) is 14.4 Å². The summed E-state index contributed by atoms with van der Waals surface area (Å²) in [6.45, 7) is 0.746. The number of ether oxygens (including phenoxy) is 1. The van der Waals surface area contributed by atoms with Gasteiger partial charge in [-0.05, 0) is 48.9 Å². The third-order valence-corrected chi connectivity index (χ3v) is 6.08. The molecule has 7 nitrogen and oxygen atoms in total. The lowest BCUT2D eigenvalue weighted by Gasteiger charge is -2.27. The molecule has 0 heterocycles. The molecule has 0 radical (unpaired) electrons. The summed E-state index contributed by atoms with van der Waals surface area (Å²) in [5.74, 6) is -1.02. The van der Waals surface area contributed by atoms with Crippen LogP contribution in [0.25, 0.3) is 0 Å². The molecule has 29 heavy (non-hydrogen) atoms. The van der Waals surface area contributed by atoms with E-state index in [9.17, 15) is 22.0 Å². The van der Waals surface area contributed by atoms with Crippen molar-refractivity contribution < 1.29 is 31.9 Å². The van der Waals surface area contributed by atoms with Crippen molar-refractivity contribution in [1.29, 1.82) is 0 Å². The molecule has 0 fully saturated rings. The van der Waals surface area contributed by atoms with Crippen molar-refractivity contribution in [2.24, 2.45) is 0 Å². The number of nitrogens with zero attached hydrogens (tertiary/aromatic N) is 1. The second-order valence-corrected chi connectivity index (χ2v) is 8.08. The highest BCUT2D eigenvalue weighted by Crippen LogP contribution is 2.24. The zero-order valence-electron chi connectivity index (χ0n) is 15.7. The first-order chi connectivity index (χ1) is 13.8. The fourth-order valence-corrected chi connectivity index (χ4v) is 4.09. The van der Waals surface area contributed by atoms with Gasteiger partial charge in [0, 0.05) is 13.0 Å². The minimum atomic E-state index is -4.15. The van der Waals surface area contributed by atoms with E-state index in [2.05, 4.69) is 0 Å². The van der Waals surface area contributed by atoms with Crippen LogP contribution in [0.4, 0.5) is 8.78 Å². The number of benzene rings is 2. The Balaban J connectivity index is 2.31. The SMILES string of the molecule is C[C@H](C(=O)NO)N(Cc1ccc(F)cc1)S(=O)(=O)c1ccc(OCCCF)cc1. The van der Waals surface area contributed by atoms with Crippen LogP contribution >= 0.6 is 0 Å². The molecule has 1 atom stereocenters. The van der Waals surface area contributed by atoms with Crippen molar-refractivity contribution in [3.05, 3.63) is 59.9 Å². The van der Waals surface area contributed by atoms with Gasteiger partial charge in [0.1, 0.15) is 17.6 Å². The van der Waals surface area contributed by atoms with Gasteiger partial charge in [-0.15, -0.1) is 0 Å². The first kappa shape index (κ1) is 22.7. The number of sulfonamides is 1. The van der Waals surface area contributed by atoms with Gasteiger partial charge >= 0.3 is 0 Å². The third-order valence-electron chi connectivity index (χ3n) is 4.15. The predicted molar refractivity (Wildman–Crippen MR) is 101 cm³/mol. The Morgan fingerprint density at radius 3 is 2.34 bits per heavy atom. The molecule has 0 saturated heterocycles. The van der Waals surface area contributed by atoms with Crippen LogP contribution in [0.2, 0.25) is 0 Å². The van der Waals surface area contributed by atoms with Crippen molar-refractivity contribution in [3.8, 4) is 5.75 Å². The van der Waals surface area contributed by atoms with E-state index >= 15 is 0 Å². The van der Waals surface area contributed by atoms with Gasteiger partial charge in [0.15, 0.2) is 0 Å². The maximum absolute atomic E-state index is 13.2. The Labute approximate surface area is 167 Å².